The van der Waals surface area contributed by atoms with E-state index in [0.717, 1.165) is 74.0 Å². The third-order valence-electron chi connectivity index (χ3n) is 12.6. The van der Waals surface area contributed by atoms with Gasteiger partial charge in [0.2, 0.25) is 0 Å². The van der Waals surface area contributed by atoms with Gasteiger partial charge in [-0.3, -0.25) is 0 Å². The molecule has 1 aliphatic rings. The Labute approximate surface area is 408 Å². The van der Waals surface area contributed by atoms with Crippen molar-refractivity contribution in [3.8, 4) is 22.3 Å². The molecule has 0 saturated heterocycles. The predicted molar refractivity (Wildman–Crippen MR) is 296 cm³/mol. The molecule has 68 heavy (non-hydrogen) atoms. The molecular formula is C65H71N3. The molecule has 0 unspecified atom stereocenters. The lowest BCUT2D eigenvalue weighted by Gasteiger charge is -2.36. The zero-order chi connectivity index (χ0) is 48.5. The molecular weight excluding hydrogens is 823 g/mol. The minimum Gasteiger partial charge on any atom is -0.327 e. The van der Waals surface area contributed by atoms with Gasteiger partial charge in [0.15, 0.2) is 0 Å². The second-order valence-corrected chi connectivity index (χ2v) is 20.1. The molecule has 6 aromatic rings. The van der Waals surface area contributed by atoms with Crippen molar-refractivity contribution in [2.24, 2.45) is 11.1 Å². The highest BCUT2D eigenvalue weighted by Crippen LogP contribution is 2.46. The number of anilines is 4. The van der Waals surface area contributed by atoms with Crippen LogP contribution in [0.5, 0.6) is 0 Å². The van der Waals surface area contributed by atoms with Crippen LogP contribution in [-0.4, -0.2) is 6.54 Å². The van der Waals surface area contributed by atoms with E-state index < -0.39 is 0 Å². The maximum atomic E-state index is 6.26. The first-order valence-corrected chi connectivity index (χ1v) is 24.3. The van der Waals surface area contributed by atoms with Gasteiger partial charge in [0.05, 0.1) is 22.8 Å². The number of hydrogen-bond donors (Lipinski definition) is 1. The topological polar surface area (TPSA) is 32.5 Å². The number of aryl methyl sites for hydroxylation is 2. The summed E-state index contributed by atoms with van der Waals surface area (Å²) in [6.07, 6.45) is 15.1. The van der Waals surface area contributed by atoms with Crippen LogP contribution in [0, 0.1) is 19.3 Å². The van der Waals surface area contributed by atoms with Gasteiger partial charge in [-0.25, -0.2) is 0 Å². The maximum absolute atomic E-state index is 6.26. The Morgan fingerprint density at radius 2 is 1.15 bits per heavy atom. The Morgan fingerprint density at radius 1 is 0.632 bits per heavy atom. The monoisotopic (exact) mass is 894 g/mol. The number of rotatable bonds is 15. The van der Waals surface area contributed by atoms with Crippen LogP contribution in [0.4, 0.5) is 22.7 Å². The summed E-state index contributed by atoms with van der Waals surface area (Å²) in [5.74, 6) is 0.441. The maximum Gasteiger partial charge on any atom is 0.0549 e. The number of nitrogens with two attached hydrogens (primary N) is 1. The third-order valence-corrected chi connectivity index (χ3v) is 12.6. The summed E-state index contributed by atoms with van der Waals surface area (Å²) >= 11 is 0. The fraction of sp³-hybridized carbons (Fsp3) is 0.231. The second kappa shape index (κ2) is 21.8. The van der Waals surface area contributed by atoms with Crippen LogP contribution in [0.3, 0.4) is 0 Å². The Bertz CT molecular complexity index is 2910. The summed E-state index contributed by atoms with van der Waals surface area (Å²) < 4.78 is 0. The fourth-order valence-electron chi connectivity index (χ4n) is 8.95. The first kappa shape index (κ1) is 49.0. The molecule has 7 rings (SSSR count). The van der Waals surface area contributed by atoms with Crippen molar-refractivity contribution >= 4 is 22.7 Å². The van der Waals surface area contributed by atoms with Crippen molar-refractivity contribution in [3.63, 3.8) is 0 Å². The number of benzene rings is 6. The molecule has 0 saturated carbocycles. The molecule has 6 aromatic carbocycles. The molecule has 0 heterocycles. The zero-order valence-corrected chi connectivity index (χ0v) is 42.0. The van der Waals surface area contributed by atoms with Crippen LogP contribution in [0.2, 0.25) is 0 Å². The molecule has 0 fully saturated rings. The Kier molecular flexibility index (Phi) is 15.7. The van der Waals surface area contributed by atoms with E-state index in [1.807, 2.05) is 6.08 Å². The summed E-state index contributed by atoms with van der Waals surface area (Å²) in [4.78, 5) is 4.94. The van der Waals surface area contributed by atoms with Crippen molar-refractivity contribution in [1.29, 1.82) is 0 Å². The lowest BCUT2D eigenvalue weighted by molar-refractivity contribution is 0.420. The first-order chi connectivity index (χ1) is 32.6. The quantitative estimate of drug-likeness (QED) is 0.104. The van der Waals surface area contributed by atoms with Gasteiger partial charge < -0.3 is 15.5 Å². The molecule has 0 spiro atoms. The van der Waals surface area contributed by atoms with Gasteiger partial charge in [0.1, 0.15) is 0 Å². The fourth-order valence-corrected chi connectivity index (χ4v) is 8.95. The van der Waals surface area contributed by atoms with Gasteiger partial charge in [-0.1, -0.05) is 201 Å². The van der Waals surface area contributed by atoms with Crippen molar-refractivity contribution in [1.82, 2.24) is 0 Å². The molecule has 1 aliphatic carbocycles. The van der Waals surface area contributed by atoms with Crippen molar-refractivity contribution < 1.29 is 0 Å². The zero-order valence-electron chi connectivity index (χ0n) is 42.0. The largest absolute Gasteiger partial charge is 0.327 e. The van der Waals surface area contributed by atoms with Crippen LogP contribution in [0.15, 0.2) is 229 Å². The van der Waals surface area contributed by atoms with Crippen molar-refractivity contribution in [3.05, 3.63) is 251 Å². The molecule has 0 radical (unpaired) electrons. The smallest absolute Gasteiger partial charge is 0.0549 e. The van der Waals surface area contributed by atoms with E-state index in [1.165, 1.54) is 33.4 Å². The van der Waals surface area contributed by atoms with Gasteiger partial charge in [-0.15, -0.1) is 0 Å². The number of allylic oxidation sites excluding steroid dienone is 8. The average Bonchev–Trinajstić information content (AvgIpc) is 3.32. The van der Waals surface area contributed by atoms with E-state index >= 15 is 0 Å². The van der Waals surface area contributed by atoms with Crippen LogP contribution >= 0.6 is 0 Å². The summed E-state index contributed by atoms with van der Waals surface area (Å²) in [7, 11) is 0. The Morgan fingerprint density at radius 3 is 1.62 bits per heavy atom. The molecule has 346 valence electrons. The summed E-state index contributed by atoms with van der Waals surface area (Å²) in [5, 5.41) is 0. The van der Waals surface area contributed by atoms with E-state index in [-0.39, 0.29) is 17.3 Å². The first-order valence-electron chi connectivity index (χ1n) is 24.3. The summed E-state index contributed by atoms with van der Waals surface area (Å²) in [6.45, 7) is 30.4. The minimum absolute atomic E-state index is 0.155. The Balaban J connectivity index is 1.65. The van der Waals surface area contributed by atoms with Crippen molar-refractivity contribution in [2.45, 2.75) is 87.0 Å². The van der Waals surface area contributed by atoms with Gasteiger partial charge in [0.25, 0.3) is 0 Å². The van der Waals surface area contributed by atoms with E-state index in [1.54, 1.807) is 0 Å². The summed E-state index contributed by atoms with van der Waals surface area (Å²) in [5.41, 5.74) is 26.5. The van der Waals surface area contributed by atoms with Gasteiger partial charge in [-0.2, -0.15) is 0 Å². The molecule has 3 heteroatoms. The molecule has 3 nitrogen and oxygen atoms in total. The predicted octanol–water partition coefficient (Wildman–Crippen LogP) is 17.9. The van der Waals surface area contributed by atoms with Crippen LogP contribution in [-0.2, 0) is 0 Å². The van der Waals surface area contributed by atoms with E-state index in [2.05, 4.69) is 248 Å². The number of hydrogen-bond acceptors (Lipinski definition) is 3. The molecule has 0 amide bonds. The number of nitrogens with zero attached hydrogens (tertiary/aromatic N) is 2. The molecule has 0 bridgehead atoms. The van der Waals surface area contributed by atoms with Gasteiger partial charge in [-0.05, 0) is 153 Å². The highest BCUT2D eigenvalue weighted by molar-refractivity contribution is 5.83. The molecule has 2 N–H and O–H groups in total. The van der Waals surface area contributed by atoms with E-state index in [4.69, 9.17) is 18.9 Å². The van der Waals surface area contributed by atoms with E-state index in [0.29, 0.717) is 13.0 Å². The molecule has 0 aliphatic heterocycles. The standard InChI is InChI=1S/C65H71N3/c1-45(2)59-34-32-54(52-24-14-12-15-25-52)42-63(59)67(57-28-18-21-47(5)39-57)61(49(7)23-20-38-66)44-62(56-31-30-51(50(8)41-56)36-37-65(9,10)11)68(58-29-19-22-48(6)40-58)64-43-55(33-35-60(64)46(3)4)53-26-16-13-17-27-53/h12-36,39-40,42-46H,7-8,37-38,41,66H2,1-6,9-11H3/b23-20-,51-36-,61-44+,62-56+. The van der Waals surface area contributed by atoms with Crippen LogP contribution in [0.25, 0.3) is 22.3 Å². The highest BCUT2D eigenvalue weighted by atomic mass is 15.2. The van der Waals surface area contributed by atoms with Gasteiger partial charge >= 0.3 is 0 Å². The lowest BCUT2D eigenvalue weighted by Crippen LogP contribution is -2.24. The van der Waals surface area contributed by atoms with Crippen LogP contribution in [0.1, 0.15) is 95.4 Å². The van der Waals surface area contributed by atoms with E-state index in [9.17, 15) is 0 Å². The Hall–Kier alpha value is -6.94. The third kappa shape index (κ3) is 11.8. The van der Waals surface area contributed by atoms with Gasteiger partial charge in [0, 0.05) is 17.9 Å². The molecule has 0 atom stereocenters. The second-order valence-electron chi connectivity index (χ2n) is 20.1. The lowest BCUT2D eigenvalue weighted by atomic mass is 9.86. The average molecular weight is 894 g/mol. The highest BCUT2D eigenvalue weighted by Gasteiger charge is 2.28. The minimum atomic E-state index is 0.155. The molecule has 0 aromatic heterocycles. The SMILES string of the molecule is C=C1C/C(=C(\C=C(/C(=C)/C=C\CN)N(c2cccc(C)c2)c2cc(-c3ccccc3)ccc2C(C)C)N(c2cccc(C)c2)c2cc(-c3ccccc3)ccc2C(C)C)C=C/C1=C/CC(C)(C)C. The van der Waals surface area contributed by atoms with Crippen LogP contribution < -0.4 is 15.5 Å². The van der Waals surface area contributed by atoms with Crippen molar-refractivity contribution in [2.75, 3.05) is 16.3 Å². The normalized spacial score (nSPS) is 14.6. The summed E-state index contributed by atoms with van der Waals surface area (Å²) in [6, 6.07) is 53.1.